The van der Waals surface area contributed by atoms with Crippen LogP contribution in [-0.4, -0.2) is 24.7 Å². The molecule has 3 rings (SSSR count). The summed E-state index contributed by atoms with van der Waals surface area (Å²) in [5.41, 5.74) is 1.95. The van der Waals surface area contributed by atoms with E-state index in [2.05, 4.69) is 10.3 Å². The third-order valence-corrected chi connectivity index (χ3v) is 3.80. The van der Waals surface area contributed by atoms with Gasteiger partial charge in [-0.25, -0.2) is 9.37 Å². The molecule has 2 aromatic rings. The van der Waals surface area contributed by atoms with Crippen molar-refractivity contribution in [1.82, 2.24) is 10.3 Å². The number of thiazole rings is 1. The van der Waals surface area contributed by atoms with Crippen LogP contribution < -0.4 is 5.32 Å². The second-order valence-electron chi connectivity index (χ2n) is 4.17. The Morgan fingerprint density at radius 2 is 2.17 bits per heavy atom. The van der Waals surface area contributed by atoms with E-state index >= 15 is 0 Å². The van der Waals surface area contributed by atoms with Crippen LogP contribution in [0, 0.1) is 5.82 Å². The number of halogens is 1. The van der Waals surface area contributed by atoms with Crippen LogP contribution in [0.4, 0.5) is 4.39 Å². The Bertz CT molecular complexity index is 520. The van der Waals surface area contributed by atoms with Crippen molar-refractivity contribution in [3.05, 3.63) is 41.2 Å². The molecule has 1 aliphatic heterocycles. The minimum atomic E-state index is -0.224. The number of hydrogen-bond acceptors (Lipinski definition) is 4. The molecule has 2 heterocycles. The average molecular weight is 264 g/mol. The molecule has 1 fully saturated rings. The van der Waals surface area contributed by atoms with Gasteiger partial charge in [0.1, 0.15) is 10.8 Å². The van der Waals surface area contributed by atoms with Crippen LogP contribution in [-0.2, 0) is 4.74 Å². The van der Waals surface area contributed by atoms with E-state index in [0.717, 1.165) is 29.4 Å². The van der Waals surface area contributed by atoms with Crippen molar-refractivity contribution in [2.45, 2.75) is 6.04 Å². The highest BCUT2D eigenvalue weighted by molar-refractivity contribution is 7.13. The van der Waals surface area contributed by atoms with Crippen molar-refractivity contribution in [2.24, 2.45) is 0 Å². The molecule has 3 nitrogen and oxygen atoms in total. The summed E-state index contributed by atoms with van der Waals surface area (Å²) >= 11 is 1.57. The van der Waals surface area contributed by atoms with E-state index in [1.807, 2.05) is 5.38 Å². The summed E-state index contributed by atoms with van der Waals surface area (Å²) < 4.78 is 18.3. The van der Waals surface area contributed by atoms with Crippen molar-refractivity contribution in [3.63, 3.8) is 0 Å². The summed E-state index contributed by atoms with van der Waals surface area (Å²) in [5, 5.41) is 6.32. The molecule has 0 bridgehead atoms. The minimum absolute atomic E-state index is 0.171. The fourth-order valence-electron chi connectivity index (χ4n) is 1.93. The molecule has 0 radical (unpaired) electrons. The lowest BCUT2D eigenvalue weighted by atomic mass is 10.2. The van der Waals surface area contributed by atoms with Gasteiger partial charge >= 0.3 is 0 Å². The maximum atomic E-state index is 12.9. The maximum Gasteiger partial charge on any atom is 0.123 e. The van der Waals surface area contributed by atoms with Crippen LogP contribution in [0.3, 0.4) is 0 Å². The lowest BCUT2D eigenvalue weighted by Crippen LogP contribution is -2.34. The first kappa shape index (κ1) is 11.8. The number of aromatic nitrogens is 1. The third kappa shape index (κ3) is 2.43. The van der Waals surface area contributed by atoms with E-state index in [9.17, 15) is 4.39 Å². The quantitative estimate of drug-likeness (QED) is 0.905. The van der Waals surface area contributed by atoms with Crippen LogP contribution in [0.25, 0.3) is 10.6 Å². The predicted octanol–water partition coefficient (Wildman–Crippen LogP) is 2.61. The molecule has 1 saturated heterocycles. The lowest BCUT2D eigenvalue weighted by molar-refractivity contribution is 0.0758. The van der Waals surface area contributed by atoms with E-state index in [-0.39, 0.29) is 11.9 Å². The highest BCUT2D eigenvalue weighted by atomic mass is 32.1. The van der Waals surface area contributed by atoms with Gasteiger partial charge in [-0.15, -0.1) is 11.3 Å². The number of hydrogen-bond donors (Lipinski definition) is 1. The molecule has 18 heavy (non-hydrogen) atoms. The van der Waals surface area contributed by atoms with Crippen molar-refractivity contribution < 1.29 is 9.13 Å². The molecular weight excluding hydrogens is 251 g/mol. The molecule has 0 amide bonds. The molecule has 1 unspecified atom stereocenters. The van der Waals surface area contributed by atoms with Crippen molar-refractivity contribution in [1.29, 1.82) is 0 Å². The topological polar surface area (TPSA) is 34.1 Å². The second-order valence-corrected chi connectivity index (χ2v) is 5.02. The van der Waals surface area contributed by atoms with Crippen molar-refractivity contribution in [2.75, 3.05) is 19.8 Å². The number of nitrogens with one attached hydrogen (secondary N) is 1. The lowest BCUT2D eigenvalue weighted by Gasteiger charge is -2.21. The minimum Gasteiger partial charge on any atom is -0.378 e. The van der Waals surface area contributed by atoms with Gasteiger partial charge in [-0.3, -0.25) is 0 Å². The first-order valence-corrected chi connectivity index (χ1v) is 6.73. The van der Waals surface area contributed by atoms with Gasteiger partial charge in [0.05, 0.1) is 24.9 Å². The van der Waals surface area contributed by atoms with Crippen LogP contribution in [0.15, 0.2) is 29.6 Å². The molecule has 1 aromatic carbocycles. The van der Waals surface area contributed by atoms with E-state index < -0.39 is 0 Å². The Balaban J connectivity index is 1.82. The fraction of sp³-hybridized carbons (Fsp3) is 0.308. The van der Waals surface area contributed by atoms with Crippen LogP contribution >= 0.6 is 11.3 Å². The van der Waals surface area contributed by atoms with Gasteiger partial charge in [0.25, 0.3) is 0 Å². The zero-order chi connectivity index (χ0) is 12.4. The number of ether oxygens (including phenoxy) is 1. The van der Waals surface area contributed by atoms with Gasteiger partial charge in [0, 0.05) is 17.5 Å². The van der Waals surface area contributed by atoms with E-state index in [1.165, 1.54) is 12.1 Å². The zero-order valence-corrected chi connectivity index (χ0v) is 10.5. The summed E-state index contributed by atoms with van der Waals surface area (Å²) in [6.07, 6.45) is 0. The van der Waals surface area contributed by atoms with Crippen LogP contribution in [0.2, 0.25) is 0 Å². The van der Waals surface area contributed by atoms with Gasteiger partial charge in [0.2, 0.25) is 0 Å². The highest BCUT2D eigenvalue weighted by Gasteiger charge is 2.18. The summed E-state index contributed by atoms with van der Waals surface area (Å²) in [6, 6.07) is 6.59. The van der Waals surface area contributed by atoms with Crippen molar-refractivity contribution >= 4 is 11.3 Å². The van der Waals surface area contributed by atoms with Crippen molar-refractivity contribution in [3.8, 4) is 10.6 Å². The Morgan fingerprint density at radius 1 is 1.33 bits per heavy atom. The summed E-state index contributed by atoms with van der Waals surface area (Å²) in [5.74, 6) is -0.224. The molecule has 0 saturated carbocycles. The molecule has 1 atom stereocenters. The number of benzene rings is 1. The van der Waals surface area contributed by atoms with Gasteiger partial charge in [-0.1, -0.05) is 0 Å². The molecule has 5 heteroatoms. The molecule has 1 N–H and O–H groups in total. The highest BCUT2D eigenvalue weighted by Crippen LogP contribution is 2.27. The molecular formula is C13H13FN2OS. The normalized spacial score (nSPS) is 19.9. The molecule has 1 aliphatic rings. The van der Waals surface area contributed by atoms with Crippen LogP contribution in [0.1, 0.15) is 11.7 Å². The molecule has 0 aliphatic carbocycles. The smallest absolute Gasteiger partial charge is 0.123 e. The Labute approximate surface area is 109 Å². The average Bonchev–Trinajstić information content (AvgIpc) is 2.90. The number of nitrogens with zero attached hydrogens (tertiary/aromatic N) is 1. The third-order valence-electron chi connectivity index (χ3n) is 2.89. The first-order valence-electron chi connectivity index (χ1n) is 5.85. The maximum absolute atomic E-state index is 12.9. The van der Waals surface area contributed by atoms with Gasteiger partial charge in [-0.2, -0.15) is 0 Å². The second kappa shape index (κ2) is 5.14. The Hall–Kier alpha value is -1.30. The number of morpholine rings is 1. The van der Waals surface area contributed by atoms with E-state index in [1.54, 1.807) is 23.5 Å². The summed E-state index contributed by atoms with van der Waals surface area (Å²) in [6.45, 7) is 2.27. The fourth-order valence-corrected chi connectivity index (χ4v) is 2.81. The van der Waals surface area contributed by atoms with E-state index in [0.29, 0.717) is 6.61 Å². The van der Waals surface area contributed by atoms with Gasteiger partial charge in [-0.05, 0) is 24.3 Å². The van der Waals surface area contributed by atoms with Gasteiger partial charge in [0.15, 0.2) is 0 Å². The largest absolute Gasteiger partial charge is 0.378 e. The molecule has 0 spiro atoms. The van der Waals surface area contributed by atoms with Crippen LogP contribution in [0.5, 0.6) is 0 Å². The Morgan fingerprint density at radius 3 is 2.89 bits per heavy atom. The first-order chi connectivity index (χ1) is 8.83. The molecule has 1 aromatic heterocycles. The summed E-state index contributed by atoms with van der Waals surface area (Å²) in [4.78, 5) is 4.59. The number of rotatable bonds is 2. The molecule has 94 valence electrons. The van der Waals surface area contributed by atoms with Gasteiger partial charge < -0.3 is 10.1 Å². The monoisotopic (exact) mass is 264 g/mol. The standard InChI is InChI=1S/C13H13FN2OS/c14-10-3-1-9(2-4-10)13-16-12(8-18-13)11-7-17-6-5-15-11/h1-4,8,11,15H,5-7H2. The Kier molecular flexibility index (Phi) is 3.36. The predicted molar refractivity (Wildman–Crippen MR) is 69.1 cm³/mol. The summed E-state index contributed by atoms with van der Waals surface area (Å²) in [7, 11) is 0. The SMILES string of the molecule is Fc1ccc(-c2nc(C3COCCN3)cs2)cc1. The van der Waals surface area contributed by atoms with E-state index in [4.69, 9.17) is 4.74 Å². The zero-order valence-electron chi connectivity index (χ0n) is 9.73.